The Bertz CT molecular complexity index is 566. The third-order valence-corrected chi connectivity index (χ3v) is 5.56. The fourth-order valence-electron chi connectivity index (χ4n) is 3.25. The van der Waals surface area contributed by atoms with Crippen LogP contribution in [0, 0.1) is 0 Å². The van der Waals surface area contributed by atoms with Crippen molar-refractivity contribution >= 4 is 11.8 Å². The number of nitrogens with two attached hydrogens (primary N) is 1. The summed E-state index contributed by atoms with van der Waals surface area (Å²) in [4.78, 5) is 4.36. The minimum Gasteiger partial charge on any atom is -0.330 e. The Balaban J connectivity index is 1.78. The van der Waals surface area contributed by atoms with Crippen molar-refractivity contribution < 1.29 is 0 Å². The molecule has 1 aromatic heterocycles. The lowest BCUT2D eigenvalue weighted by Gasteiger charge is -2.20. The first-order valence-corrected chi connectivity index (χ1v) is 8.78. The summed E-state index contributed by atoms with van der Waals surface area (Å²) in [6.07, 6.45) is 7.67. The fraction of sp³-hybridized carbons (Fsp3) is 0.471. The zero-order chi connectivity index (χ0) is 14.7. The van der Waals surface area contributed by atoms with Crippen molar-refractivity contribution in [1.29, 1.82) is 0 Å². The number of hydrogen-bond donors (Lipinski definition) is 1. The molecule has 4 heteroatoms. The van der Waals surface area contributed by atoms with Gasteiger partial charge in [0.25, 0.3) is 0 Å². The van der Waals surface area contributed by atoms with Gasteiger partial charge in [0.2, 0.25) is 0 Å². The summed E-state index contributed by atoms with van der Waals surface area (Å²) in [7, 11) is 0. The molecule has 1 fully saturated rings. The van der Waals surface area contributed by atoms with E-state index in [1.807, 2.05) is 30.7 Å². The number of nitrogens with zero attached hydrogens (tertiary/aromatic N) is 2. The molecule has 1 aliphatic rings. The zero-order valence-corrected chi connectivity index (χ0v) is 13.3. The topological polar surface area (TPSA) is 43.8 Å². The smallest absolute Gasteiger partial charge is 0.0951 e. The van der Waals surface area contributed by atoms with E-state index in [1.54, 1.807) is 0 Å². The van der Waals surface area contributed by atoms with Crippen LogP contribution in [-0.2, 0) is 0 Å². The predicted molar refractivity (Wildman–Crippen MR) is 89.5 cm³/mol. The molecule has 0 radical (unpaired) electrons. The molecule has 1 heterocycles. The summed E-state index contributed by atoms with van der Waals surface area (Å²) in [5.41, 5.74) is 8.74. The summed E-state index contributed by atoms with van der Waals surface area (Å²) >= 11 is 2.09. The summed E-state index contributed by atoms with van der Waals surface area (Å²) in [6, 6.07) is 10.8. The molecule has 0 saturated heterocycles. The van der Waals surface area contributed by atoms with Crippen molar-refractivity contribution in [2.75, 3.05) is 5.75 Å². The number of aromatic nitrogens is 2. The number of benzene rings is 1. The largest absolute Gasteiger partial charge is 0.330 e. The van der Waals surface area contributed by atoms with Crippen LogP contribution in [0.2, 0.25) is 0 Å². The molecular weight excluding hydrogens is 278 g/mol. The Hall–Kier alpha value is -1.26. The van der Waals surface area contributed by atoms with Crippen LogP contribution in [0.4, 0.5) is 0 Å². The average molecular weight is 301 g/mol. The number of imidazole rings is 1. The Morgan fingerprint density at radius 2 is 2.14 bits per heavy atom. The normalized spacial score (nSPS) is 23.3. The maximum Gasteiger partial charge on any atom is 0.0951 e. The van der Waals surface area contributed by atoms with Gasteiger partial charge in [-0.2, -0.15) is 11.8 Å². The summed E-state index contributed by atoms with van der Waals surface area (Å²) in [5.74, 6) is 1.21. The van der Waals surface area contributed by atoms with E-state index in [4.69, 9.17) is 5.73 Å². The average Bonchev–Trinajstić information content (AvgIpc) is 3.16. The first-order valence-electron chi connectivity index (χ1n) is 7.73. The van der Waals surface area contributed by atoms with Crippen LogP contribution in [0.1, 0.15) is 49.5 Å². The molecule has 0 aliphatic heterocycles. The highest BCUT2D eigenvalue weighted by Crippen LogP contribution is 2.38. The first kappa shape index (κ1) is 14.7. The van der Waals surface area contributed by atoms with Crippen molar-refractivity contribution in [3.05, 3.63) is 54.1 Å². The van der Waals surface area contributed by atoms with Crippen LogP contribution >= 0.6 is 11.8 Å². The van der Waals surface area contributed by atoms with Gasteiger partial charge in [-0.25, -0.2) is 4.98 Å². The molecule has 1 aliphatic carbocycles. The van der Waals surface area contributed by atoms with Crippen LogP contribution in [0.5, 0.6) is 0 Å². The monoisotopic (exact) mass is 301 g/mol. The molecule has 2 N–H and O–H groups in total. The van der Waals surface area contributed by atoms with E-state index >= 15 is 0 Å². The highest BCUT2D eigenvalue weighted by Gasteiger charge is 2.28. The second-order valence-corrected chi connectivity index (χ2v) is 7.24. The maximum absolute atomic E-state index is 6.46. The third kappa shape index (κ3) is 3.16. The van der Waals surface area contributed by atoms with Crippen LogP contribution in [0.25, 0.3) is 0 Å². The second kappa shape index (κ2) is 6.67. The van der Waals surface area contributed by atoms with Gasteiger partial charge >= 0.3 is 0 Å². The molecule has 0 spiro atoms. The van der Waals surface area contributed by atoms with Gasteiger partial charge in [-0.15, -0.1) is 0 Å². The molecule has 1 aromatic carbocycles. The molecular formula is C17H23N3S. The van der Waals surface area contributed by atoms with Crippen molar-refractivity contribution in [2.24, 2.45) is 5.73 Å². The van der Waals surface area contributed by atoms with Gasteiger partial charge in [-0.1, -0.05) is 37.3 Å². The number of hydrogen-bond acceptors (Lipinski definition) is 3. The van der Waals surface area contributed by atoms with Crippen molar-refractivity contribution in [3.8, 4) is 0 Å². The minimum absolute atomic E-state index is 0.0911. The molecule has 112 valence electrons. The number of rotatable bonds is 5. The summed E-state index contributed by atoms with van der Waals surface area (Å²) < 4.78 is 2.31. The van der Waals surface area contributed by atoms with Gasteiger partial charge < -0.3 is 10.3 Å². The lowest BCUT2D eigenvalue weighted by Crippen LogP contribution is -2.18. The predicted octanol–water partition coefficient (Wildman–Crippen LogP) is 3.78. The standard InChI is InChI=1S/C17H23N3S/c1-2-21-15-9-8-14(10-15)20-12-19-11-16(20)17(18)13-6-4-3-5-7-13/h3-7,11-12,14-15,17H,2,8-10,18H2,1H3. The van der Waals surface area contributed by atoms with E-state index < -0.39 is 0 Å². The first-order chi connectivity index (χ1) is 10.3. The Labute approximate surface area is 131 Å². The Morgan fingerprint density at radius 1 is 1.33 bits per heavy atom. The number of thioether (sulfide) groups is 1. The highest BCUT2D eigenvalue weighted by atomic mass is 32.2. The minimum atomic E-state index is -0.0911. The van der Waals surface area contributed by atoms with Gasteiger partial charge in [0.05, 0.1) is 24.3 Å². The molecule has 21 heavy (non-hydrogen) atoms. The van der Waals surface area contributed by atoms with Gasteiger partial charge in [0, 0.05) is 11.3 Å². The summed E-state index contributed by atoms with van der Waals surface area (Å²) in [5, 5.41) is 0.795. The van der Waals surface area contributed by atoms with E-state index in [1.165, 1.54) is 25.0 Å². The van der Waals surface area contributed by atoms with Crippen molar-refractivity contribution in [1.82, 2.24) is 9.55 Å². The van der Waals surface area contributed by atoms with Gasteiger partial charge in [-0.3, -0.25) is 0 Å². The molecule has 1 saturated carbocycles. The third-order valence-electron chi connectivity index (χ3n) is 4.33. The van der Waals surface area contributed by atoms with E-state index in [2.05, 4.69) is 40.4 Å². The van der Waals surface area contributed by atoms with E-state index in [9.17, 15) is 0 Å². The lowest BCUT2D eigenvalue weighted by molar-refractivity contribution is 0.493. The quantitative estimate of drug-likeness (QED) is 0.914. The lowest BCUT2D eigenvalue weighted by atomic mass is 10.0. The van der Waals surface area contributed by atoms with Crippen LogP contribution in [-0.4, -0.2) is 20.6 Å². The van der Waals surface area contributed by atoms with Crippen molar-refractivity contribution in [2.45, 2.75) is 43.5 Å². The highest BCUT2D eigenvalue weighted by molar-refractivity contribution is 7.99. The van der Waals surface area contributed by atoms with Crippen molar-refractivity contribution in [3.63, 3.8) is 0 Å². The molecule has 3 rings (SSSR count). The molecule has 3 nitrogen and oxygen atoms in total. The molecule has 3 unspecified atom stereocenters. The van der Waals surface area contributed by atoms with Gasteiger partial charge in [-0.05, 0) is 30.6 Å². The fourth-order valence-corrected chi connectivity index (χ4v) is 4.38. The maximum atomic E-state index is 6.46. The molecule has 2 aromatic rings. The van der Waals surface area contributed by atoms with Crippen LogP contribution in [0.3, 0.4) is 0 Å². The molecule has 0 bridgehead atoms. The summed E-state index contributed by atoms with van der Waals surface area (Å²) in [6.45, 7) is 2.24. The Kier molecular flexibility index (Phi) is 4.66. The zero-order valence-electron chi connectivity index (χ0n) is 12.5. The van der Waals surface area contributed by atoms with Gasteiger partial charge in [0.1, 0.15) is 0 Å². The van der Waals surface area contributed by atoms with E-state index in [-0.39, 0.29) is 6.04 Å². The SMILES string of the molecule is CCSC1CCC(n2cncc2C(N)c2ccccc2)C1. The van der Waals surface area contributed by atoms with Crippen LogP contribution < -0.4 is 5.73 Å². The Morgan fingerprint density at radius 3 is 2.90 bits per heavy atom. The second-order valence-electron chi connectivity index (χ2n) is 5.66. The molecule has 0 amide bonds. The van der Waals surface area contributed by atoms with E-state index in [0.717, 1.165) is 16.5 Å². The van der Waals surface area contributed by atoms with E-state index in [0.29, 0.717) is 6.04 Å². The molecule has 3 atom stereocenters. The van der Waals surface area contributed by atoms with Crippen LogP contribution in [0.15, 0.2) is 42.9 Å². The van der Waals surface area contributed by atoms with Gasteiger partial charge in [0.15, 0.2) is 0 Å².